The Bertz CT molecular complexity index is 561. The van der Waals surface area contributed by atoms with E-state index < -0.39 is 0 Å². The topological polar surface area (TPSA) is 43.4 Å². The van der Waals surface area contributed by atoms with Crippen LogP contribution in [0.3, 0.4) is 0 Å². The van der Waals surface area contributed by atoms with Gasteiger partial charge in [0.2, 0.25) is 0 Å². The third-order valence-corrected chi connectivity index (χ3v) is 2.69. The molecule has 0 bridgehead atoms. The smallest absolute Gasteiger partial charge is 0.166 e. The van der Waals surface area contributed by atoms with Gasteiger partial charge in [0.05, 0.1) is 6.61 Å². The number of hydrogen-bond donors (Lipinski definition) is 0. The molecule has 3 nitrogen and oxygen atoms in total. The molecule has 2 rings (SSSR count). The lowest BCUT2D eigenvalue weighted by atomic mass is 10.1. The second kappa shape index (κ2) is 6.50. The number of aldehydes is 1. The van der Waals surface area contributed by atoms with Gasteiger partial charge in [0.1, 0.15) is 12.0 Å². The highest BCUT2D eigenvalue weighted by molar-refractivity contribution is 5.97. The number of hydrogen-bond acceptors (Lipinski definition) is 3. The first-order valence-corrected chi connectivity index (χ1v) is 6.06. The summed E-state index contributed by atoms with van der Waals surface area (Å²) in [5, 5.41) is 0. The molecular formula is C16H14O3. The van der Waals surface area contributed by atoms with Crippen LogP contribution in [0.2, 0.25) is 0 Å². The van der Waals surface area contributed by atoms with E-state index >= 15 is 0 Å². The second-order valence-corrected chi connectivity index (χ2v) is 4.08. The van der Waals surface area contributed by atoms with Crippen molar-refractivity contribution in [3.05, 3.63) is 65.7 Å². The Balaban J connectivity index is 1.89. The molecular weight excluding hydrogens is 240 g/mol. The van der Waals surface area contributed by atoms with Crippen LogP contribution in [0.1, 0.15) is 27.1 Å². The molecule has 0 saturated heterocycles. The highest BCUT2D eigenvalue weighted by atomic mass is 16.5. The van der Waals surface area contributed by atoms with E-state index in [-0.39, 0.29) is 12.2 Å². The second-order valence-electron chi connectivity index (χ2n) is 4.08. The van der Waals surface area contributed by atoms with E-state index in [4.69, 9.17) is 4.74 Å². The van der Waals surface area contributed by atoms with E-state index in [1.807, 2.05) is 30.3 Å². The molecule has 0 radical (unpaired) electrons. The normalized spacial score (nSPS) is 9.89. The molecule has 0 fully saturated rings. The minimum Gasteiger partial charge on any atom is -0.493 e. The first kappa shape index (κ1) is 13.0. The number of Topliss-reactive ketones (excluding diaryl/α,β-unsaturated/α-hetero) is 1. The average molecular weight is 254 g/mol. The number of benzene rings is 2. The van der Waals surface area contributed by atoms with E-state index in [0.717, 1.165) is 12.0 Å². The molecule has 0 atom stereocenters. The van der Waals surface area contributed by atoms with Crippen molar-refractivity contribution < 1.29 is 14.3 Å². The van der Waals surface area contributed by atoms with Crippen molar-refractivity contribution in [3.63, 3.8) is 0 Å². The van der Waals surface area contributed by atoms with Crippen LogP contribution in [0.15, 0.2) is 54.6 Å². The van der Waals surface area contributed by atoms with Crippen LogP contribution in [0.25, 0.3) is 0 Å². The van der Waals surface area contributed by atoms with Crippen LogP contribution in [0, 0.1) is 0 Å². The van der Waals surface area contributed by atoms with Crippen LogP contribution in [-0.2, 0) is 0 Å². The number of ketones is 1. The van der Waals surface area contributed by atoms with Crippen molar-refractivity contribution in [1.82, 2.24) is 0 Å². The quantitative estimate of drug-likeness (QED) is 0.587. The summed E-state index contributed by atoms with van der Waals surface area (Å²) in [6, 6.07) is 16.0. The average Bonchev–Trinajstić information content (AvgIpc) is 2.48. The third kappa shape index (κ3) is 3.78. The highest BCUT2D eigenvalue weighted by Crippen LogP contribution is 2.10. The molecule has 0 unspecified atom stereocenters. The summed E-state index contributed by atoms with van der Waals surface area (Å²) in [6.07, 6.45) is 1.02. The minimum absolute atomic E-state index is 0.0281. The molecule has 2 aromatic carbocycles. The first-order chi connectivity index (χ1) is 9.29. The molecule has 0 aromatic heterocycles. The molecule has 2 aromatic rings. The molecule has 19 heavy (non-hydrogen) atoms. The third-order valence-electron chi connectivity index (χ3n) is 2.69. The summed E-state index contributed by atoms with van der Waals surface area (Å²) < 4.78 is 5.46. The van der Waals surface area contributed by atoms with Crippen molar-refractivity contribution in [3.8, 4) is 5.75 Å². The lowest BCUT2D eigenvalue weighted by Crippen LogP contribution is -2.07. The molecule has 0 saturated carbocycles. The minimum atomic E-state index is -0.0281. The number of para-hydroxylation sites is 1. The van der Waals surface area contributed by atoms with Crippen LogP contribution in [0.4, 0.5) is 0 Å². The van der Waals surface area contributed by atoms with E-state index in [1.165, 1.54) is 0 Å². The lowest BCUT2D eigenvalue weighted by Gasteiger charge is -2.05. The molecule has 0 heterocycles. The van der Waals surface area contributed by atoms with Crippen LogP contribution >= 0.6 is 0 Å². The Labute approximate surface area is 111 Å². The van der Waals surface area contributed by atoms with Gasteiger partial charge in [-0.3, -0.25) is 9.59 Å². The van der Waals surface area contributed by atoms with Crippen LogP contribution in [-0.4, -0.2) is 18.7 Å². The van der Waals surface area contributed by atoms with Gasteiger partial charge in [-0.25, -0.2) is 0 Å². The van der Waals surface area contributed by atoms with Crippen molar-refractivity contribution in [2.24, 2.45) is 0 Å². The first-order valence-electron chi connectivity index (χ1n) is 6.06. The highest BCUT2D eigenvalue weighted by Gasteiger charge is 2.06. The zero-order valence-electron chi connectivity index (χ0n) is 10.4. The van der Waals surface area contributed by atoms with Gasteiger partial charge in [0, 0.05) is 17.5 Å². The fourth-order valence-corrected chi connectivity index (χ4v) is 1.71. The van der Waals surface area contributed by atoms with E-state index in [1.54, 1.807) is 24.3 Å². The largest absolute Gasteiger partial charge is 0.493 e. The van der Waals surface area contributed by atoms with E-state index in [0.29, 0.717) is 17.7 Å². The Morgan fingerprint density at radius 1 is 1.05 bits per heavy atom. The van der Waals surface area contributed by atoms with Gasteiger partial charge in [-0.15, -0.1) is 0 Å². The van der Waals surface area contributed by atoms with Crippen molar-refractivity contribution in [1.29, 1.82) is 0 Å². The summed E-state index contributed by atoms with van der Waals surface area (Å²) in [6.45, 7) is 0.328. The number of carbonyl (C=O) groups is 2. The fraction of sp³-hybridized carbons (Fsp3) is 0.125. The molecule has 0 aliphatic heterocycles. The Kier molecular flexibility index (Phi) is 4.45. The summed E-state index contributed by atoms with van der Waals surface area (Å²) >= 11 is 0. The maximum atomic E-state index is 11.9. The Hall–Kier alpha value is -2.42. The van der Waals surface area contributed by atoms with Crippen molar-refractivity contribution in [2.75, 3.05) is 6.61 Å². The van der Waals surface area contributed by atoms with Gasteiger partial charge in [-0.05, 0) is 18.2 Å². The molecule has 0 amide bonds. The SMILES string of the molecule is O=Cc1cccc(C(=O)CCOc2ccccc2)c1. The van der Waals surface area contributed by atoms with Crippen LogP contribution < -0.4 is 4.74 Å². The maximum absolute atomic E-state index is 11.9. The monoisotopic (exact) mass is 254 g/mol. The van der Waals surface area contributed by atoms with E-state index in [9.17, 15) is 9.59 Å². The molecule has 0 aliphatic rings. The Morgan fingerprint density at radius 3 is 2.58 bits per heavy atom. The molecule has 3 heteroatoms. The van der Waals surface area contributed by atoms with E-state index in [2.05, 4.69) is 0 Å². The van der Waals surface area contributed by atoms with Gasteiger partial charge in [-0.1, -0.05) is 36.4 Å². The van der Waals surface area contributed by atoms with Gasteiger partial charge < -0.3 is 4.74 Å². The zero-order chi connectivity index (χ0) is 13.5. The van der Waals surface area contributed by atoms with Gasteiger partial charge in [-0.2, -0.15) is 0 Å². The van der Waals surface area contributed by atoms with Gasteiger partial charge >= 0.3 is 0 Å². The molecule has 96 valence electrons. The summed E-state index contributed by atoms with van der Waals surface area (Å²) in [4.78, 5) is 22.6. The van der Waals surface area contributed by atoms with Crippen LogP contribution in [0.5, 0.6) is 5.75 Å². The summed E-state index contributed by atoms with van der Waals surface area (Å²) in [5.41, 5.74) is 1.05. The van der Waals surface area contributed by atoms with Gasteiger partial charge in [0.25, 0.3) is 0 Å². The lowest BCUT2D eigenvalue weighted by molar-refractivity contribution is 0.0962. The predicted molar refractivity (Wildman–Crippen MR) is 72.7 cm³/mol. The number of rotatable bonds is 6. The fourth-order valence-electron chi connectivity index (χ4n) is 1.71. The molecule has 0 spiro atoms. The van der Waals surface area contributed by atoms with Gasteiger partial charge in [0.15, 0.2) is 5.78 Å². The number of carbonyl (C=O) groups excluding carboxylic acids is 2. The Morgan fingerprint density at radius 2 is 1.84 bits per heavy atom. The summed E-state index contributed by atoms with van der Waals surface area (Å²) in [5.74, 6) is 0.719. The summed E-state index contributed by atoms with van der Waals surface area (Å²) in [7, 11) is 0. The molecule has 0 aliphatic carbocycles. The molecule has 0 N–H and O–H groups in total. The van der Waals surface area contributed by atoms with Crippen molar-refractivity contribution >= 4 is 12.1 Å². The van der Waals surface area contributed by atoms with Crippen molar-refractivity contribution in [2.45, 2.75) is 6.42 Å². The standard InChI is InChI=1S/C16H14O3/c17-12-13-5-4-6-14(11-13)16(18)9-10-19-15-7-2-1-3-8-15/h1-8,11-12H,9-10H2. The maximum Gasteiger partial charge on any atom is 0.166 e. The number of ether oxygens (including phenoxy) is 1. The predicted octanol–water partition coefficient (Wildman–Crippen LogP) is 3.15. The zero-order valence-corrected chi connectivity index (χ0v) is 10.4.